The number of hydrogen-bond acceptors (Lipinski definition) is 4. The number of nitrogens with zero attached hydrogens (tertiary/aromatic N) is 2. The van der Waals surface area contributed by atoms with Crippen LogP contribution in [0.1, 0.15) is 36.7 Å². The summed E-state index contributed by atoms with van der Waals surface area (Å²) in [6.07, 6.45) is 4.00. The van der Waals surface area contributed by atoms with Crippen molar-refractivity contribution in [1.82, 2.24) is 9.29 Å². The van der Waals surface area contributed by atoms with Gasteiger partial charge in [-0.15, -0.1) is 0 Å². The van der Waals surface area contributed by atoms with E-state index >= 15 is 0 Å². The van der Waals surface area contributed by atoms with E-state index in [-0.39, 0.29) is 6.04 Å². The van der Waals surface area contributed by atoms with Gasteiger partial charge in [0.15, 0.2) is 0 Å². The van der Waals surface area contributed by atoms with E-state index in [4.69, 9.17) is 5.73 Å². The zero-order valence-electron chi connectivity index (χ0n) is 12.1. The van der Waals surface area contributed by atoms with E-state index in [2.05, 4.69) is 4.98 Å². The third-order valence-corrected chi connectivity index (χ3v) is 5.10. The fraction of sp³-hybridized carbons (Fsp3) is 0.643. The Morgan fingerprint density at radius 1 is 1.50 bits per heavy atom. The fourth-order valence-corrected chi connectivity index (χ4v) is 3.71. The summed E-state index contributed by atoms with van der Waals surface area (Å²) < 4.78 is 24.8. The van der Waals surface area contributed by atoms with Crippen LogP contribution in [-0.2, 0) is 10.0 Å². The highest BCUT2D eigenvalue weighted by Crippen LogP contribution is 2.26. The van der Waals surface area contributed by atoms with E-state index in [1.807, 2.05) is 25.1 Å². The first-order chi connectivity index (χ1) is 9.36. The molecule has 1 fully saturated rings. The molecule has 0 bridgehead atoms. The minimum atomic E-state index is -3.09. The van der Waals surface area contributed by atoms with Gasteiger partial charge in [-0.1, -0.05) is 6.07 Å². The van der Waals surface area contributed by atoms with Crippen molar-refractivity contribution in [3.8, 4) is 0 Å². The van der Waals surface area contributed by atoms with E-state index < -0.39 is 10.0 Å². The summed E-state index contributed by atoms with van der Waals surface area (Å²) in [6, 6.07) is 5.72. The van der Waals surface area contributed by atoms with E-state index in [0.29, 0.717) is 19.0 Å². The predicted molar refractivity (Wildman–Crippen MR) is 79.7 cm³/mol. The Bertz CT molecular complexity index is 559. The smallest absolute Gasteiger partial charge is 0.211 e. The molecule has 2 unspecified atom stereocenters. The van der Waals surface area contributed by atoms with E-state index in [1.54, 1.807) is 4.31 Å². The molecule has 0 amide bonds. The average Bonchev–Trinajstić information content (AvgIpc) is 2.38. The lowest BCUT2D eigenvalue weighted by atomic mass is 9.91. The van der Waals surface area contributed by atoms with Crippen LogP contribution in [0.2, 0.25) is 0 Å². The van der Waals surface area contributed by atoms with Gasteiger partial charge in [-0.05, 0) is 44.2 Å². The van der Waals surface area contributed by atoms with Crippen molar-refractivity contribution in [2.75, 3.05) is 19.3 Å². The summed E-state index contributed by atoms with van der Waals surface area (Å²) in [7, 11) is -3.09. The quantitative estimate of drug-likeness (QED) is 0.912. The fourth-order valence-electron chi connectivity index (χ4n) is 2.77. The maximum absolute atomic E-state index is 11.6. The molecule has 1 aliphatic heterocycles. The molecule has 1 aromatic heterocycles. The number of aromatic nitrogens is 1. The number of rotatable bonds is 4. The summed E-state index contributed by atoms with van der Waals surface area (Å²) >= 11 is 0. The SMILES string of the molecule is Cc1cccc(C(N)CC2CCCN(S(C)(=O)=O)C2)n1. The van der Waals surface area contributed by atoms with Gasteiger partial charge in [0.25, 0.3) is 0 Å². The lowest BCUT2D eigenvalue weighted by Gasteiger charge is -2.32. The first kappa shape index (κ1) is 15.4. The van der Waals surface area contributed by atoms with Gasteiger partial charge in [0.05, 0.1) is 11.9 Å². The van der Waals surface area contributed by atoms with Crippen LogP contribution in [0.3, 0.4) is 0 Å². The van der Waals surface area contributed by atoms with Gasteiger partial charge < -0.3 is 5.73 Å². The van der Waals surface area contributed by atoms with E-state index in [0.717, 1.165) is 30.7 Å². The minimum Gasteiger partial charge on any atom is -0.323 e. The molecule has 0 saturated carbocycles. The molecule has 5 nitrogen and oxygen atoms in total. The van der Waals surface area contributed by atoms with Crippen molar-refractivity contribution in [1.29, 1.82) is 0 Å². The van der Waals surface area contributed by atoms with Crippen molar-refractivity contribution in [3.05, 3.63) is 29.6 Å². The van der Waals surface area contributed by atoms with Crippen molar-refractivity contribution in [2.45, 2.75) is 32.2 Å². The first-order valence-corrected chi connectivity index (χ1v) is 8.85. The predicted octanol–water partition coefficient (Wildman–Crippen LogP) is 1.45. The van der Waals surface area contributed by atoms with Crippen molar-refractivity contribution in [3.63, 3.8) is 0 Å². The normalized spacial score (nSPS) is 22.6. The third kappa shape index (κ3) is 4.01. The number of pyridine rings is 1. The van der Waals surface area contributed by atoms with Crippen LogP contribution in [0.15, 0.2) is 18.2 Å². The third-order valence-electron chi connectivity index (χ3n) is 3.83. The summed E-state index contributed by atoms with van der Waals surface area (Å²) in [5.74, 6) is 0.316. The lowest BCUT2D eigenvalue weighted by Crippen LogP contribution is -2.40. The Morgan fingerprint density at radius 3 is 2.90 bits per heavy atom. The van der Waals surface area contributed by atoms with Crippen LogP contribution >= 0.6 is 0 Å². The van der Waals surface area contributed by atoms with Crippen molar-refractivity contribution in [2.24, 2.45) is 11.7 Å². The molecule has 0 aliphatic carbocycles. The summed E-state index contributed by atoms with van der Waals surface area (Å²) in [6.45, 7) is 3.16. The average molecular weight is 297 g/mol. The molecular formula is C14H23N3O2S. The summed E-state index contributed by atoms with van der Waals surface area (Å²) in [5, 5.41) is 0. The lowest BCUT2D eigenvalue weighted by molar-refractivity contribution is 0.246. The monoisotopic (exact) mass is 297 g/mol. The standard InChI is InChI=1S/C14H23N3O2S/c1-11-5-3-7-14(16-11)13(15)9-12-6-4-8-17(10-12)20(2,18)19/h3,5,7,12-13H,4,6,8-10,15H2,1-2H3. The van der Waals surface area contributed by atoms with E-state index in [1.165, 1.54) is 6.26 Å². The molecule has 0 radical (unpaired) electrons. The second-order valence-electron chi connectivity index (χ2n) is 5.68. The number of sulfonamides is 1. The highest BCUT2D eigenvalue weighted by Gasteiger charge is 2.27. The van der Waals surface area contributed by atoms with Crippen molar-refractivity contribution < 1.29 is 8.42 Å². The molecular weight excluding hydrogens is 274 g/mol. The molecule has 2 heterocycles. The second-order valence-corrected chi connectivity index (χ2v) is 7.66. The Morgan fingerprint density at radius 2 is 2.25 bits per heavy atom. The van der Waals surface area contributed by atoms with Crippen LogP contribution in [0.25, 0.3) is 0 Å². The second kappa shape index (κ2) is 6.20. The maximum Gasteiger partial charge on any atom is 0.211 e. The Kier molecular flexibility index (Phi) is 4.78. The van der Waals surface area contributed by atoms with Crippen LogP contribution < -0.4 is 5.73 Å². The van der Waals surface area contributed by atoms with Gasteiger partial charge in [-0.25, -0.2) is 12.7 Å². The largest absolute Gasteiger partial charge is 0.323 e. The molecule has 2 N–H and O–H groups in total. The first-order valence-electron chi connectivity index (χ1n) is 7.00. The molecule has 0 aromatic carbocycles. The Hall–Kier alpha value is -0.980. The number of aryl methyl sites for hydroxylation is 1. The highest BCUT2D eigenvalue weighted by atomic mass is 32.2. The van der Waals surface area contributed by atoms with Crippen LogP contribution in [-0.4, -0.2) is 37.1 Å². The Labute approximate surface area is 121 Å². The molecule has 20 heavy (non-hydrogen) atoms. The van der Waals surface area contributed by atoms with Crippen LogP contribution in [0.4, 0.5) is 0 Å². The molecule has 1 aromatic rings. The molecule has 1 saturated heterocycles. The minimum absolute atomic E-state index is 0.126. The molecule has 0 spiro atoms. The Balaban J connectivity index is 1.99. The van der Waals surface area contributed by atoms with Gasteiger partial charge in [0.2, 0.25) is 10.0 Å². The number of hydrogen-bond donors (Lipinski definition) is 1. The molecule has 1 aliphatic rings. The van der Waals surface area contributed by atoms with Gasteiger partial charge in [0.1, 0.15) is 0 Å². The molecule has 2 rings (SSSR count). The highest BCUT2D eigenvalue weighted by molar-refractivity contribution is 7.88. The molecule has 112 valence electrons. The topological polar surface area (TPSA) is 76.3 Å². The van der Waals surface area contributed by atoms with Gasteiger partial charge >= 0.3 is 0 Å². The van der Waals surface area contributed by atoms with Crippen LogP contribution in [0.5, 0.6) is 0 Å². The zero-order chi connectivity index (χ0) is 14.8. The van der Waals surface area contributed by atoms with Gasteiger partial charge in [-0.2, -0.15) is 0 Å². The van der Waals surface area contributed by atoms with Crippen LogP contribution in [0, 0.1) is 12.8 Å². The summed E-state index contributed by atoms with van der Waals surface area (Å²) in [4.78, 5) is 4.45. The van der Waals surface area contributed by atoms with Gasteiger partial charge in [0, 0.05) is 24.8 Å². The van der Waals surface area contributed by atoms with Gasteiger partial charge in [-0.3, -0.25) is 4.98 Å². The number of piperidine rings is 1. The molecule has 6 heteroatoms. The van der Waals surface area contributed by atoms with E-state index in [9.17, 15) is 8.42 Å². The number of nitrogens with two attached hydrogens (primary N) is 1. The summed E-state index contributed by atoms with van der Waals surface area (Å²) in [5.41, 5.74) is 8.07. The maximum atomic E-state index is 11.6. The van der Waals surface area contributed by atoms with Crippen molar-refractivity contribution >= 4 is 10.0 Å². The zero-order valence-corrected chi connectivity index (χ0v) is 12.9. The molecule has 2 atom stereocenters.